The Balaban J connectivity index is 1.66. The van der Waals surface area contributed by atoms with Gasteiger partial charge in [0.2, 0.25) is 0 Å². The summed E-state index contributed by atoms with van der Waals surface area (Å²) in [7, 11) is 0. The zero-order valence-corrected chi connectivity index (χ0v) is 15.3. The summed E-state index contributed by atoms with van der Waals surface area (Å²) in [5.41, 5.74) is 7.08. The second-order valence-electron chi connectivity index (χ2n) is 6.80. The molecule has 26 heavy (non-hydrogen) atoms. The third kappa shape index (κ3) is 3.41. The number of carbonyl (C=O) groups is 1. The SMILES string of the molecule is Nc1c2cnccc2nn1C(CC1CCCCC1)C(=O)Nc1nccs1. The average Bonchev–Trinajstić information content (AvgIpc) is 3.29. The molecule has 0 spiro atoms. The van der Waals surface area contributed by atoms with E-state index in [0.29, 0.717) is 16.9 Å². The van der Waals surface area contributed by atoms with E-state index in [9.17, 15) is 4.79 Å². The Labute approximate surface area is 155 Å². The van der Waals surface area contributed by atoms with Gasteiger partial charge in [0.05, 0.1) is 10.9 Å². The van der Waals surface area contributed by atoms with Gasteiger partial charge in [0, 0.05) is 24.0 Å². The first-order valence-corrected chi connectivity index (χ1v) is 9.88. The van der Waals surface area contributed by atoms with Gasteiger partial charge in [-0.25, -0.2) is 9.67 Å². The van der Waals surface area contributed by atoms with Gasteiger partial charge in [-0.1, -0.05) is 32.1 Å². The number of aromatic nitrogens is 4. The molecule has 136 valence electrons. The van der Waals surface area contributed by atoms with Crippen LogP contribution in [0.15, 0.2) is 30.0 Å². The van der Waals surface area contributed by atoms with Crippen molar-refractivity contribution in [1.82, 2.24) is 19.7 Å². The lowest BCUT2D eigenvalue weighted by atomic mass is 9.84. The minimum atomic E-state index is -0.450. The Morgan fingerprint density at radius 2 is 2.19 bits per heavy atom. The van der Waals surface area contributed by atoms with E-state index < -0.39 is 6.04 Å². The van der Waals surface area contributed by atoms with Crippen molar-refractivity contribution in [2.75, 3.05) is 11.1 Å². The first-order chi connectivity index (χ1) is 12.7. The molecule has 8 heteroatoms. The highest BCUT2D eigenvalue weighted by Gasteiger charge is 2.29. The first-order valence-electron chi connectivity index (χ1n) is 9.00. The number of nitrogens with one attached hydrogen (secondary N) is 1. The molecule has 0 radical (unpaired) electrons. The highest BCUT2D eigenvalue weighted by molar-refractivity contribution is 7.13. The number of fused-ring (bicyclic) bond motifs is 1. The number of hydrogen-bond donors (Lipinski definition) is 2. The summed E-state index contributed by atoms with van der Waals surface area (Å²) in [5.74, 6) is 0.891. The molecule has 0 bridgehead atoms. The molecule has 1 aliphatic rings. The Kier molecular flexibility index (Phi) is 4.83. The van der Waals surface area contributed by atoms with Crippen LogP contribution >= 0.6 is 11.3 Å². The van der Waals surface area contributed by atoms with Gasteiger partial charge in [0.1, 0.15) is 11.9 Å². The molecule has 3 aromatic heterocycles. The molecule has 1 unspecified atom stereocenters. The lowest BCUT2D eigenvalue weighted by Crippen LogP contribution is -2.30. The minimum absolute atomic E-state index is 0.113. The molecule has 4 rings (SSSR count). The van der Waals surface area contributed by atoms with Crippen molar-refractivity contribution < 1.29 is 4.79 Å². The predicted octanol–water partition coefficient (Wildman–Crippen LogP) is 3.62. The largest absolute Gasteiger partial charge is 0.383 e. The number of pyridine rings is 1. The van der Waals surface area contributed by atoms with Crippen LogP contribution in [0.2, 0.25) is 0 Å². The van der Waals surface area contributed by atoms with Gasteiger partial charge in [-0.05, 0) is 18.4 Å². The summed E-state index contributed by atoms with van der Waals surface area (Å²) >= 11 is 1.41. The number of carbonyl (C=O) groups excluding carboxylic acids is 1. The van der Waals surface area contributed by atoms with Crippen LogP contribution in [0.3, 0.4) is 0 Å². The fraction of sp³-hybridized carbons (Fsp3) is 0.444. The zero-order chi connectivity index (χ0) is 17.9. The van der Waals surface area contributed by atoms with Gasteiger partial charge < -0.3 is 11.1 Å². The molecule has 3 aromatic rings. The second kappa shape index (κ2) is 7.41. The standard InChI is InChI=1S/C18H22N6OS/c19-16-13-11-20-7-6-14(13)23-24(16)15(10-12-4-2-1-3-5-12)17(25)22-18-21-8-9-26-18/h6-9,11-12,15H,1-5,10,19H2,(H,21,22,25). The summed E-state index contributed by atoms with van der Waals surface area (Å²) < 4.78 is 1.67. The van der Waals surface area contributed by atoms with Crippen LogP contribution in [0.1, 0.15) is 44.6 Å². The first kappa shape index (κ1) is 17.0. The van der Waals surface area contributed by atoms with E-state index in [2.05, 4.69) is 20.4 Å². The fourth-order valence-electron chi connectivity index (χ4n) is 3.73. The van der Waals surface area contributed by atoms with E-state index in [-0.39, 0.29) is 5.91 Å². The molecule has 1 amide bonds. The molecule has 1 aliphatic carbocycles. The van der Waals surface area contributed by atoms with Crippen LogP contribution in [-0.2, 0) is 4.79 Å². The smallest absolute Gasteiger partial charge is 0.251 e. The van der Waals surface area contributed by atoms with Crippen LogP contribution in [0.5, 0.6) is 0 Å². The topological polar surface area (TPSA) is 98.7 Å². The number of amides is 1. The molecular formula is C18H22N6OS. The van der Waals surface area contributed by atoms with Gasteiger partial charge in [0.15, 0.2) is 5.13 Å². The summed E-state index contributed by atoms with van der Waals surface area (Å²) in [6, 6.07) is 1.37. The molecule has 3 N–H and O–H groups in total. The Bertz CT molecular complexity index is 884. The normalized spacial score (nSPS) is 16.6. The Hall–Kier alpha value is -2.48. The third-order valence-electron chi connectivity index (χ3n) is 5.08. The van der Waals surface area contributed by atoms with E-state index in [0.717, 1.165) is 30.2 Å². The molecule has 0 saturated heterocycles. The maximum absolute atomic E-state index is 13.0. The van der Waals surface area contributed by atoms with E-state index in [1.54, 1.807) is 23.3 Å². The third-order valence-corrected chi connectivity index (χ3v) is 5.77. The molecule has 3 heterocycles. The zero-order valence-electron chi connectivity index (χ0n) is 14.5. The number of nitrogens with two attached hydrogens (primary N) is 1. The minimum Gasteiger partial charge on any atom is -0.383 e. The summed E-state index contributed by atoms with van der Waals surface area (Å²) in [6.07, 6.45) is 11.9. The second-order valence-corrected chi connectivity index (χ2v) is 7.70. The molecule has 7 nitrogen and oxygen atoms in total. The number of thiazole rings is 1. The lowest BCUT2D eigenvalue weighted by Gasteiger charge is -2.26. The Morgan fingerprint density at radius 3 is 2.92 bits per heavy atom. The van der Waals surface area contributed by atoms with Crippen molar-refractivity contribution in [1.29, 1.82) is 0 Å². The average molecular weight is 370 g/mol. The summed E-state index contributed by atoms with van der Waals surface area (Å²) in [5, 5.41) is 10.7. The lowest BCUT2D eigenvalue weighted by molar-refractivity contribution is -0.120. The molecule has 0 aliphatic heterocycles. The number of rotatable bonds is 5. The van der Waals surface area contributed by atoms with Crippen molar-refractivity contribution in [3.63, 3.8) is 0 Å². The summed E-state index contributed by atoms with van der Waals surface area (Å²) in [4.78, 5) is 21.3. The highest BCUT2D eigenvalue weighted by Crippen LogP contribution is 2.33. The van der Waals surface area contributed by atoms with Crippen molar-refractivity contribution >= 4 is 39.1 Å². The maximum Gasteiger partial charge on any atom is 0.251 e. The van der Waals surface area contributed by atoms with E-state index in [4.69, 9.17) is 5.73 Å². The van der Waals surface area contributed by atoms with Crippen LogP contribution in [0.4, 0.5) is 10.9 Å². The van der Waals surface area contributed by atoms with Crippen molar-refractivity contribution in [3.8, 4) is 0 Å². The molecule has 1 atom stereocenters. The van der Waals surface area contributed by atoms with E-state index in [1.165, 1.54) is 30.6 Å². The van der Waals surface area contributed by atoms with Gasteiger partial charge in [-0.3, -0.25) is 9.78 Å². The molecule has 0 aromatic carbocycles. The number of hydrogen-bond acceptors (Lipinski definition) is 6. The van der Waals surface area contributed by atoms with Crippen LogP contribution in [0.25, 0.3) is 10.9 Å². The van der Waals surface area contributed by atoms with E-state index in [1.807, 2.05) is 11.4 Å². The van der Waals surface area contributed by atoms with Crippen LogP contribution in [-0.4, -0.2) is 25.7 Å². The monoisotopic (exact) mass is 370 g/mol. The van der Waals surface area contributed by atoms with Gasteiger partial charge >= 0.3 is 0 Å². The van der Waals surface area contributed by atoms with Crippen molar-refractivity contribution in [2.24, 2.45) is 5.92 Å². The fourth-order valence-corrected chi connectivity index (χ4v) is 4.26. The van der Waals surface area contributed by atoms with Gasteiger partial charge in [0.25, 0.3) is 5.91 Å². The summed E-state index contributed by atoms with van der Waals surface area (Å²) in [6.45, 7) is 0. The molecule has 1 fully saturated rings. The van der Waals surface area contributed by atoms with Crippen LogP contribution < -0.4 is 11.1 Å². The quantitative estimate of drug-likeness (QED) is 0.715. The molecular weight excluding hydrogens is 348 g/mol. The number of anilines is 2. The van der Waals surface area contributed by atoms with Crippen molar-refractivity contribution in [3.05, 3.63) is 30.0 Å². The number of nitrogens with zero attached hydrogens (tertiary/aromatic N) is 4. The van der Waals surface area contributed by atoms with Gasteiger partial charge in [-0.15, -0.1) is 11.3 Å². The Morgan fingerprint density at radius 1 is 1.35 bits per heavy atom. The van der Waals surface area contributed by atoms with E-state index >= 15 is 0 Å². The highest BCUT2D eigenvalue weighted by atomic mass is 32.1. The maximum atomic E-state index is 13.0. The van der Waals surface area contributed by atoms with Crippen molar-refractivity contribution in [2.45, 2.75) is 44.6 Å². The van der Waals surface area contributed by atoms with Crippen LogP contribution in [0, 0.1) is 5.92 Å². The van der Waals surface area contributed by atoms with Gasteiger partial charge in [-0.2, -0.15) is 5.10 Å². The number of nitrogen functional groups attached to an aromatic ring is 1. The predicted molar refractivity (Wildman–Crippen MR) is 103 cm³/mol. The molecule has 1 saturated carbocycles.